The number of hydrogen-bond donors (Lipinski definition) is 2. The number of amides is 1. The van der Waals surface area contributed by atoms with Gasteiger partial charge >= 0.3 is 0 Å². The Balaban J connectivity index is 1.72. The van der Waals surface area contributed by atoms with Crippen molar-refractivity contribution in [2.75, 3.05) is 0 Å². The number of H-pyrrole nitrogens is 2. The molecule has 0 aliphatic rings. The Morgan fingerprint density at radius 1 is 0.815 bits per heavy atom. The fourth-order valence-electron chi connectivity index (χ4n) is 3.66. The van der Waals surface area contributed by atoms with Crippen molar-refractivity contribution in [2.24, 2.45) is 5.41 Å². The van der Waals surface area contributed by atoms with E-state index < -0.39 is 5.41 Å². The van der Waals surface area contributed by atoms with Crippen LogP contribution in [-0.4, -0.2) is 20.8 Å². The van der Waals surface area contributed by atoms with Crippen LogP contribution in [0.15, 0.2) is 60.9 Å². The second-order valence-electron chi connectivity index (χ2n) is 8.12. The molecule has 0 spiro atoms. The molecule has 2 heterocycles. The predicted molar refractivity (Wildman–Crippen MR) is 110 cm³/mol. The van der Waals surface area contributed by atoms with E-state index >= 15 is 0 Å². The lowest BCUT2D eigenvalue weighted by molar-refractivity contribution is -0.140. The number of aromatic nitrogens is 2. The fraction of sp³-hybridized carbons (Fsp3) is 0.261. The summed E-state index contributed by atoms with van der Waals surface area (Å²) in [6.45, 7) is 7.13. The third-order valence-corrected chi connectivity index (χ3v) is 5.02. The Bertz CT molecular complexity index is 1020. The molecule has 0 unspecified atom stereocenters. The van der Waals surface area contributed by atoms with Gasteiger partial charge in [0.15, 0.2) is 0 Å². The summed E-state index contributed by atoms with van der Waals surface area (Å²) in [7, 11) is 0. The largest absolute Gasteiger partial charge is 0.361 e. The first kappa shape index (κ1) is 17.4. The van der Waals surface area contributed by atoms with Crippen LogP contribution in [0.2, 0.25) is 0 Å². The molecular formula is C23H25N3O. The molecule has 138 valence electrons. The lowest BCUT2D eigenvalue weighted by Crippen LogP contribution is -2.38. The Morgan fingerprint density at radius 2 is 1.30 bits per heavy atom. The van der Waals surface area contributed by atoms with Gasteiger partial charge in [-0.2, -0.15) is 0 Å². The molecule has 0 saturated carbocycles. The van der Waals surface area contributed by atoms with Crippen molar-refractivity contribution < 1.29 is 4.79 Å². The highest BCUT2D eigenvalue weighted by Gasteiger charge is 2.28. The highest BCUT2D eigenvalue weighted by atomic mass is 16.2. The number of carbonyl (C=O) groups is 1. The van der Waals surface area contributed by atoms with Crippen molar-refractivity contribution in [1.29, 1.82) is 0 Å². The molecule has 0 aliphatic carbocycles. The molecule has 0 saturated heterocycles. The van der Waals surface area contributed by atoms with Crippen LogP contribution < -0.4 is 0 Å². The van der Waals surface area contributed by atoms with Gasteiger partial charge in [0.2, 0.25) is 5.91 Å². The molecule has 4 rings (SSSR count). The zero-order chi connectivity index (χ0) is 19.0. The van der Waals surface area contributed by atoms with Crippen LogP contribution in [0.25, 0.3) is 21.8 Å². The smallest absolute Gasteiger partial charge is 0.228 e. The van der Waals surface area contributed by atoms with Gasteiger partial charge in [0.25, 0.3) is 0 Å². The molecule has 4 nitrogen and oxygen atoms in total. The minimum absolute atomic E-state index is 0.155. The molecule has 0 bridgehead atoms. The van der Waals surface area contributed by atoms with Gasteiger partial charge in [-0.1, -0.05) is 45.0 Å². The number of aromatic amines is 2. The molecule has 4 aromatic rings. The van der Waals surface area contributed by atoms with Crippen molar-refractivity contribution in [3.63, 3.8) is 0 Å². The van der Waals surface area contributed by atoms with Crippen LogP contribution in [0.3, 0.4) is 0 Å². The van der Waals surface area contributed by atoms with Crippen molar-refractivity contribution in [2.45, 2.75) is 33.9 Å². The fourth-order valence-corrected chi connectivity index (χ4v) is 3.66. The van der Waals surface area contributed by atoms with Gasteiger partial charge < -0.3 is 14.9 Å². The summed E-state index contributed by atoms with van der Waals surface area (Å²) in [6, 6.07) is 16.6. The minimum atomic E-state index is -0.432. The van der Waals surface area contributed by atoms with E-state index in [0.29, 0.717) is 13.1 Å². The first-order chi connectivity index (χ1) is 12.9. The van der Waals surface area contributed by atoms with Crippen LogP contribution in [0.4, 0.5) is 0 Å². The van der Waals surface area contributed by atoms with Crippen molar-refractivity contribution in [3.8, 4) is 0 Å². The second-order valence-corrected chi connectivity index (χ2v) is 8.12. The van der Waals surface area contributed by atoms with Crippen LogP contribution in [0.1, 0.15) is 31.9 Å². The molecule has 0 radical (unpaired) electrons. The average Bonchev–Trinajstić information content (AvgIpc) is 3.29. The number of hydrogen-bond acceptors (Lipinski definition) is 1. The molecule has 0 fully saturated rings. The normalized spacial score (nSPS) is 12.0. The van der Waals surface area contributed by atoms with E-state index in [1.807, 2.05) is 50.2 Å². The maximum Gasteiger partial charge on any atom is 0.228 e. The number of nitrogens with zero attached hydrogens (tertiary/aromatic N) is 1. The van der Waals surface area contributed by atoms with E-state index in [0.717, 1.165) is 22.2 Å². The third kappa shape index (κ3) is 3.35. The maximum atomic E-state index is 13.2. The first-order valence-electron chi connectivity index (χ1n) is 9.33. The minimum Gasteiger partial charge on any atom is -0.361 e. The molecule has 1 amide bonds. The maximum absolute atomic E-state index is 13.2. The molecule has 2 aromatic carbocycles. The summed E-state index contributed by atoms with van der Waals surface area (Å²) in [5.74, 6) is 0.155. The summed E-state index contributed by atoms with van der Waals surface area (Å²) in [5.41, 5.74) is 4.09. The number of nitrogens with one attached hydrogen (secondary N) is 2. The number of benzene rings is 2. The Morgan fingerprint density at radius 3 is 1.74 bits per heavy atom. The number of carbonyl (C=O) groups excluding carboxylic acids is 1. The summed E-state index contributed by atoms with van der Waals surface area (Å²) in [5, 5.41) is 2.34. The van der Waals surface area contributed by atoms with Crippen molar-refractivity contribution in [3.05, 3.63) is 72.1 Å². The summed E-state index contributed by atoms with van der Waals surface area (Å²) in [6.07, 6.45) is 3.90. The van der Waals surface area contributed by atoms with Crippen LogP contribution in [-0.2, 0) is 17.9 Å². The molecule has 2 aromatic heterocycles. The van der Waals surface area contributed by atoms with E-state index in [4.69, 9.17) is 0 Å². The SMILES string of the molecule is CC(C)(C)C(=O)N(Cc1cccc2[nH]ccc12)Cc1cccc2[nH]ccc12. The lowest BCUT2D eigenvalue weighted by Gasteiger charge is -2.30. The Kier molecular flexibility index (Phi) is 4.27. The van der Waals surface area contributed by atoms with E-state index in [1.54, 1.807) is 0 Å². The van der Waals surface area contributed by atoms with E-state index in [1.165, 1.54) is 10.8 Å². The van der Waals surface area contributed by atoms with Crippen molar-refractivity contribution >= 4 is 27.7 Å². The van der Waals surface area contributed by atoms with E-state index in [9.17, 15) is 4.79 Å². The van der Waals surface area contributed by atoms with Crippen LogP contribution >= 0.6 is 0 Å². The third-order valence-electron chi connectivity index (χ3n) is 5.02. The predicted octanol–water partition coefficient (Wildman–Crippen LogP) is 5.22. The topological polar surface area (TPSA) is 51.9 Å². The monoisotopic (exact) mass is 359 g/mol. The molecule has 0 aliphatic heterocycles. The number of fused-ring (bicyclic) bond motifs is 2. The van der Waals surface area contributed by atoms with Crippen LogP contribution in [0, 0.1) is 5.41 Å². The average molecular weight is 359 g/mol. The van der Waals surface area contributed by atoms with Gasteiger partial charge in [-0.25, -0.2) is 0 Å². The second kappa shape index (κ2) is 6.62. The summed E-state index contributed by atoms with van der Waals surface area (Å²) >= 11 is 0. The Labute approximate surface area is 159 Å². The molecule has 2 N–H and O–H groups in total. The quantitative estimate of drug-likeness (QED) is 0.515. The van der Waals surface area contributed by atoms with Gasteiger partial charge in [-0.15, -0.1) is 0 Å². The number of rotatable bonds is 4. The van der Waals surface area contributed by atoms with Gasteiger partial charge in [0, 0.05) is 52.7 Å². The summed E-state index contributed by atoms with van der Waals surface area (Å²) < 4.78 is 0. The molecule has 4 heteroatoms. The standard InChI is InChI=1S/C23H25N3O/c1-23(2,3)22(27)26(14-16-6-4-8-20-18(16)10-12-24-20)15-17-7-5-9-21-19(17)11-13-25-21/h4-13,24-25H,14-15H2,1-3H3. The Hall–Kier alpha value is -3.01. The molecular weight excluding hydrogens is 334 g/mol. The van der Waals surface area contributed by atoms with E-state index in [2.05, 4.69) is 46.4 Å². The zero-order valence-electron chi connectivity index (χ0n) is 16.0. The lowest BCUT2D eigenvalue weighted by atomic mass is 9.93. The van der Waals surface area contributed by atoms with E-state index in [-0.39, 0.29) is 5.91 Å². The first-order valence-corrected chi connectivity index (χ1v) is 9.33. The molecule has 0 atom stereocenters. The zero-order valence-corrected chi connectivity index (χ0v) is 16.0. The van der Waals surface area contributed by atoms with Gasteiger partial charge in [-0.3, -0.25) is 4.79 Å². The highest BCUT2D eigenvalue weighted by molar-refractivity contribution is 5.86. The highest BCUT2D eigenvalue weighted by Crippen LogP contribution is 2.26. The molecule has 27 heavy (non-hydrogen) atoms. The van der Waals surface area contributed by atoms with Crippen molar-refractivity contribution in [1.82, 2.24) is 14.9 Å². The van der Waals surface area contributed by atoms with Gasteiger partial charge in [-0.05, 0) is 35.4 Å². The van der Waals surface area contributed by atoms with Crippen LogP contribution in [0.5, 0.6) is 0 Å². The summed E-state index contributed by atoms with van der Waals surface area (Å²) in [4.78, 5) is 21.7. The van der Waals surface area contributed by atoms with Gasteiger partial charge in [0.05, 0.1) is 0 Å². The van der Waals surface area contributed by atoms with Gasteiger partial charge in [0.1, 0.15) is 0 Å².